The van der Waals surface area contributed by atoms with E-state index in [0.717, 1.165) is 11.5 Å². The third-order valence-corrected chi connectivity index (χ3v) is 3.52. The van der Waals surface area contributed by atoms with Gasteiger partial charge in [-0.05, 0) is 36.4 Å². The number of halogens is 1. The Morgan fingerprint density at radius 3 is 2.65 bits per heavy atom. The zero-order chi connectivity index (χ0) is 16.1. The molecule has 0 amide bonds. The van der Waals surface area contributed by atoms with E-state index in [2.05, 4.69) is 9.97 Å². The van der Waals surface area contributed by atoms with Crippen LogP contribution >= 0.6 is 11.6 Å². The van der Waals surface area contributed by atoms with Crippen LogP contribution < -0.4 is 4.74 Å². The molecule has 3 aromatic rings. The Morgan fingerprint density at radius 1 is 1.09 bits per heavy atom. The van der Waals surface area contributed by atoms with Crippen molar-refractivity contribution in [2.24, 2.45) is 0 Å². The number of aliphatic hydroxyl groups is 1. The molecule has 1 unspecified atom stereocenters. The van der Waals surface area contributed by atoms with Crippen LogP contribution in [0.2, 0.25) is 5.02 Å². The number of rotatable bonds is 6. The Morgan fingerprint density at radius 2 is 1.91 bits per heavy atom. The first-order chi connectivity index (χ1) is 11.2. The zero-order valence-corrected chi connectivity index (χ0v) is 13.1. The van der Waals surface area contributed by atoms with Crippen molar-refractivity contribution in [1.29, 1.82) is 0 Å². The Balaban J connectivity index is 1.61. The molecule has 0 aliphatic heterocycles. The molecule has 6 heteroatoms. The highest BCUT2D eigenvalue weighted by Gasteiger charge is 2.12. The fourth-order valence-corrected chi connectivity index (χ4v) is 2.31. The number of aliphatic hydroxyl groups excluding tert-OH is 1. The van der Waals surface area contributed by atoms with E-state index < -0.39 is 6.10 Å². The Kier molecular flexibility index (Phi) is 4.90. The summed E-state index contributed by atoms with van der Waals surface area (Å²) in [7, 11) is 0. The molecule has 0 radical (unpaired) electrons. The number of hydrogen-bond acceptors (Lipinski definition) is 4. The Hall–Kier alpha value is -2.37. The summed E-state index contributed by atoms with van der Waals surface area (Å²) in [5.74, 6) is 1.39. The van der Waals surface area contributed by atoms with Crippen LogP contribution in [0, 0.1) is 0 Å². The highest BCUT2D eigenvalue weighted by atomic mass is 35.5. The number of aromatic nitrogens is 3. The van der Waals surface area contributed by atoms with Gasteiger partial charge in [-0.1, -0.05) is 17.7 Å². The summed E-state index contributed by atoms with van der Waals surface area (Å²) in [6.45, 7) is 0.557. The maximum Gasteiger partial charge on any atom is 0.158 e. The van der Waals surface area contributed by atoms with E-state index >= 15 is 0 Å². The van der Waals surface area contributed by atoms with Gasteiger partial charge in [-0.2, -0.15) is 0 Å². The topological polar surface area (TPSA) is 60.2 Å². The summed E-state index contributed by atoms with van der Waals surface area (Å²) in [5.41, 5.74) is 0.767. The summed E-state index contributed by atoms with van der Waals surface area (Å²) >= 11 is 5.82. The van der Waals surface area contributed by atoms with E-state index in [0.29, 0.717) is 17.3 Å². The van der Waals surface area contributed by atoms with E-state index in [1.54, 1.807) is 36.7 Å². The van der Waals surface area contributed by atoms with E-state index in [1.165, 1.54) is 0 Å². The number of pyridine rings is 1. The van der Waals surface area contributed by atoms with Crippen molar-refractivity contribution in [1.82, 2.24) is 14.5 Å². The number of benzene rings is 1. The second-order valence-electron chi connectivity index (χ2n) is 5.04. The van der Waals surface area contributed by atoms with Crippen LogP contribution in [0.5, 0.6) is 5.75 Å². The van der Waals surface area contributed by atoms with Crippen LogP contribution in [-0.4, -0.2) is 32.4 Å². The van der Waals surface area contributed by atoms with Crippen LogP contribution in [0.4, 0.5) is 0 Å². The summed E-state index contributed by atoms with van der Waals surface area (Å²) < 4.78 is 7.42. The molecule has 0 aliphatic carbocycles. The molecule has 0 saturated carbocycles. The fraction of sp³-hybridized carbons (Fsp3) is 0.176. The van der Waals surface area contributed by atoms with Crippen LogP contribution in [0.1, 0.15) is 0 Å². The second kappa shape index (κ2) is 7.26. The lowest BCUT2D eigenvalue weighted by Gasteiger charge is -2.14. The molecule has 1 atom stereocenters. The van der Waals surface area contributed by atoms with Crippen LogP contribution in [0.25, 0.3) is 11.5 Å². The van der Waals surface area contributed by atoms with Gasteiger partial charge in [0, 0.05) is 23.6 Å². The average Bonchev–Trinajstić information content (AvgIpc) is 3.03. The molecule has 0 bridgehead atoms. The Labute approximate surface area is 139 Å². The molecule has 5 nitrogen and oxygen atoms in total. The molecule has 2 heterocycles. The zero-order valence-electron chi connectivity index (χ0n) is 12.3. The van der Waals surface area contributed by atoms with E-state index in [-0.39, 0.29) is 6.61 Å². The summed E-state index contributed by atoms with van der Waals surface area (Å²) in [6.07, 6.45) is 4.56. The predicted molar refractivity (Wildman–Crippen MR) is 88.4 cm³/mol. The van der Waals surface area contributed by atoms with Crippen molar-refractivity contribution >= 4 is 11.6 Å². The molecule has 1 N–H and O–H groups in total. The normalized spacial score (nSPS) is 12.1. The highest BCUT2D eigenvalue weighted by Crippen LogP contribution is 2.17. The minimum absolute atomic E-state index is 0.182. The average molecular weight is 330 g/mol. The summed E-state index contributed by atoms with van der Waals surface area (Å²) in [4.78, 5) is 8.58. The lowest BCUT2D eigenvalue weighted by Crippen LogP contribution is -2.23. The number of imidazole rings is 1. The van der Waals surface area contributed by atoms with Gasteiger partial charge in [-0.15, -0.1) is 0 Å². The van der Waals surface area contributed by atoms with Crippen molar-refractivity contribution in [3.8, 4) is 17.3 Å². The molecule has 1 aromatic carbocycles. The molecule has 0 aliphatic rings. The van der Waals surface area contributed by atoms with Gasteiger partial charge in [0.2, 0.25) is 0 Å². The minimum Gasteiger partial charge on any atom is -0.491 e. The smallest absolute Gasteiger partial charge is 0.158 e. The number of ether oxygens (including phenoxy) is 1. The number of nitrogens with zero attached hydrogens (tertiary/aromatic N) is 3. The summed E-state index contributed by atoms with van der Waals surface area (Å²) in [6, 6.07) is 12.7. The molecule has 23 heavy (non-hydrogen) atoms. The first-order valence-corrected chi connectivity index (χ1v) is 7.59. The molecule has 0 fully saturated rings. The molecule has 0 saturated heterocycles. The first kappa shape index (κ1) is 15.5. The van der Waals surface area contributed by atoms with Gasteiger partial charge < -0.3 is 14.4 Å². The second-order valence-corrected chi connectivity index (χ2v) is 5.47. The number of hydrogen-bond donors (Lipinski definition) is 1. The van der Waals surface area contributed by atoms with E-state index in [4.69, 9.17) is 16.3 Å². The first-order valence-electron chi connectivity index (χ1n) is 7.21. The van der Waals surface area contributed by atoms with Crippen molar-refractivity contribution in [3.05, 3.63) is 66.1 Å². The standard InChI is InChI=1S/C17H16ClN3O2/c18-13-4-6-15(7-5-13)23-12-14(22)11-21-10-9-20-17(21)16-3-1-2-8-19-16/h1-10,14,22H,11-12H2. The maximum absolute atomic E-state index is 10.2. The van der Waals surface area contributed by atoms with Crippen LogP contribution in [0.3, 0.4) is 0 Å². The molecule has 118 valence electrons. The van der Waals surface area contributed by atoms with Gasteiger partial charge >= 0.3 is 0 Å². The van der Waals surface area contributed by atoms with Crippen molar-refractivity contribution in [2.45, 2.75) is 12.6 Å². The quantitative estimate of drug-likeness (QED) is 0.755. The maximum atomic E-state index is 10.2. The van der Waals surface area contributed by atoms with Crippen LogP contribution in [-0.2, 0) is 6.54 Å². The monoisotopic (exact) mass is 329 g/mol. The van der Waals surface area contributed by atoms with Crippen molar-refractivity contribution in [3.63, 3.8) is 0 Å². The minimum atomic E-state index is -0.664. The third-order valence-electron chi connectivity index (χ3n) is 3.27. The van der Waals surface area contributed by atoms with E-state index in [1.807, 2.05) is 29.0 Å². The highest BCUT2D eigenvalue weighted by molar-refractivity contribution is 6.30. The largest absolute Gasteiger partial charge is 0.491 e. The SMILES string of the molecule is OC(COc1ccc(Cl)cc1)Cn1ccnc1-c1ccccn1. The Bertz CT molecular complexity index is 744. The van der Waals surface area contributed by atoms with Gasteiger partial charge in [0.15, 0.2) is 5.82 Å². The predicted octanol–water partition coefficient (Wildman–Crippen LogP) is 3.04. The summed E-state index contributed by atoms with van der Waals surface area (Å²) in [5, 5.41) is 10.8. The van der Waals surface area contributed by atoms with Gasteiger partial charge in [-0.3, -0.25) is 4.98 Å². The third kappa shape index (κ3) is 4.09. The van der Waals surface area contributed by atoms with Gasteiger partial charge in [0.1, 0.15) is 24.2 Å². The van der Waals surface area contributed by atoms with E-state index in [9.17, 15) is 5.11 Å². The molecular weight excluding hydrogens is 314 g/mol. The van der Waals surface area contributed by atoms with Gasteiger partial charge in [0.05, 0.1) is 6.54 Å². The van der Waals surface area contributed by atoms with Gasteiger partial charge in [-0.25, -0.2) is 4.98 Å². The van der Waals surface area contributed by atoms with Crippen LogP contribution in [0.15, 0.2) is 61.1 Å². The van der Waals surface area contributed by atoms with Crippen molar-refractivity contribution in [2.75, 3.05) is 6.61 Å². The molecular formula is C17H16ClN3O2. The fourth-order valence-electron chi connectivity index (χ4n) is 2.19. The van der Waals surface area contributed by atoms with Crippen molar-refractivity contribution < 1.29 is 9.84 Å². The van der Waals surface area contributed by atoms with Gasteiger partial charge in [0.25, 0.3) is 0 Å². The molecule has 3 rings (SSSR count). The molecule has 0 spiro atoms. The lowest BCUT2D eigenvalue weighted by atomic mass is 10.3. The lowest BCUT2D eigenvalue weighted by molar-refractivity contribution is 0.0928. The molecule has 2 aromatic heterocycles.